The van der Waals surface area contributed by atoms with Gasteiger partial charge in [-0.15, -0.1) is 0 Å². The van der Waals surface area contributed by atoms with Gasteiger partial charge in [-0.1, -0.05) is 19.0 Å². The lowest BCUT2D eigenvalue weighted by atomic mass is 10.1. The van der Waals surface area contributed by atoms with Gasteiger partial charge >= 0.3 is 0 Å². The third kappa shape index (κ3) is 4.01. The number of ketones is 1. The van der Waals surface area contributed by atoms with Gasteiger partial charge in [-0.25, -0.2) is 8.42 Å². The van der Waals surface area contributed by atoms with E-state index in [1.54, 1.807) is 26.8 Å². The van der Waals surface area contributed by atoms with Gasteiger partial charge < -0.3 is 9.84 Å². The zero-order valence-corrected chi connectivity index (χ0v) is 14.8. The monoisotopic (exact) mass is 351 g/mol. The molecule has 130 valence electrons. The first-order valence-corrected chi connectivity index (χ1v) is 9.13. The van der Waals surface area contributed by atoms with E-state index in [2.05, 4.69) is 10.5 Å². The maximum absolute atomic E-state index is 12.4. The number of Topliss-reactive ketones (excluding diaryl/α,β-unsaturated/α-hetero) is 1. The van der Waals surface area contributed by atoms with Crippen molar-refractivity contribution in [1.82, 2.24) is 9.46 Å². The summed E-state index contributed by atoms with van der Waals surface area (Å²) < 4.78 is 31.1. The summed E-state index contributed by atoms with van der Waals surface area (Å²) in [5.74, 6) is 0.972. The molecule has 0 aliphatic heterocycles. The van der Waals surface area contributed by atoms with Crippen LogP contribution in [0.1, 0.15) is 30.0 Å². The van der Waals surface area contributed by atoms with E-state index in [-0.39, 0.29) is 17.2 Å². The first-order chi connectivity index (χ1) is 11.4. The number of carbonyl (C=O) groups excluding carboxylic acids is 1. The van der Waals surface area contributed by atoms with Crippen molar-refractivity contribution in [2.75, 3.05) is 25.0 Å². The Morgan fingerprint density at radius 1 is 1.21 bits per heavy atom. The van der Waals surface area contributed by atoms with Crippen LogP contribution in [0.15, 0.2) is 39.8 Å². The Kier molecular flexibility index (Phi) is 5.74. The average Bonchev–Trinajstić information content (AvgIpc) is 2.99. The van der Waals surface area contributed by atoms with Crippen molar-refractivity contribution >= 4 is 21.6 Å². The number of aromatic nitrogens is 1. The molecule has 0 fully saturated rings. The molecular weight excluding hydrogens is 330 g/mol. The molecule has 7 nitrogen and oxygen atoms in total. The van der Waals surface area contributed by atoms with Crippen molar-refractivity contribution in [2.24, 2.45) is 0 Å². The molecule has 0 atom stereocenters. The fourth-order valence-corrected chi connectivity index (χ4v) is 3.71. The van der Waals surface area contributed by atoms with E-state index in [1.807, 2.05) is 0 Å². The Morgan fingerprint density at radius 3 is 2.33 bits per heavy atom. The van der Waals surface area contributed by atoms with Crippen molar-refractivity contribution in [1.29, 1.82) is 0 Å². The molecule has 1 heterocycles. The van der Waals surface area contributed by atoms with E-state index < -0.39 is 10.0 Å². The van der Waals surface area contributed by atoms with Crippen molar-refractivity contribution in [3.05, 3.63) is 41.7 Å². The Morgan fingerprint density at radius 2 is 1.83 bits per heavy atom. The number of aryl methyl sites for hydroxylation is 1. The van der Waals surface area contributed by atoms with Crippen molar-refractivity contribution in [3.8, 4) is 0 Å². The van der Waals surface area contributed by atoms with E-state index in [0.29, 0.717) is 30.2 Å². The van der Waals surface area contributed by atoms with Crippen LogP contribution < -0.4 is 5.32 Å². The number of carbonyl (C=O) groups is 1. The van der Waals surface area contributed by atoms with Crippen molar-refractivity contribution in [3.63, 3.8) is 0 Å². The minimum Gasteiger partial charge on any atom is -0.360 e. The molecule has 1 aromatic carbocycles. The topological polar surface area (TPSA) is 92.5 Å². The summed E-state index contributed by atoms with van der Waals surface area (Å²) >= 11 is 0. The number of benzene rings is 1. The molecule has 0 unspecified atom stereocenters. The largest absolute Gasteiger partial charge is 0.360 e. The van der Waals surface area contributed by atoms with Gasteiger partial charge in [0, 0.05) is 24.7 Å². The number of nitrogens with one attached hydrogen (secondary N) is 1. The zero-order valence-electron chi connectivity index (χ0n) is 13.9. The van der Waals surface area contributed by atoms with E-state index in [0.717, 1.165) is 0 Å². The summed E-state index contributed by atoms with van der Waals surface area (Å²) in [6.45, 7) is 6.19. The fraction of sp³-hybridized carbons (Fsp3) is 0.375. The Hall–Kier alpha value is -2.19. The molecule has 0 saturated heterocycles. The van der Waals surface area contributed by atoms with Crippen molar-refractivity contribution < 1.29 is 17.7 Å². The van der Waals surface area contributed by atoms with E-state index in [9.17, 15) is 13.2 Å². The lowest BCUT2D eigenvalue weighted by Crippen LogP contribution is -2.30. The van der Waals surface area contributed by atoms with Gasteiger partial charge in [0.05, 0.1) is 11.4 Å². The number of anilines is 1. The molecule has 0 aliphatic rings. The molecule has 2 rings (SSSR count). The van der Waals surface area contributed by atoms with Crippen LogP contribution in [-0.4, -0.2) is 43.3 Å². The third-order valence-electron chi connectivity index (χ3n) is 3.58. The summed E-state index contributed by atoms with van der Waals surface area (Å²) in [5, 5.41) is 6.61. The standard InChI is InChI=1S/C16H21N3O4S/c1-4-19(5-2)24(21,22)14-8-6-13(7-9-14)15(20)11-17-16-10-12(3)23-18-16/h6-10H,4-5,11H2,1-3H3,(H,17,18). The first-order valence-electron chi connectivity index (χ1n) is 7.69. The molecule has 1 aromatic heterocycles. The SMILES string of the molecule is CCN(CC)S(=O)(=O)c1ccc(C(=O)CNc2cc(C)on2)cc1. The van der Waals surface area contributed by atoms with Gasteiger partial charge in [-0.3, -0.25) is 4.79 Å². The van der Waals surface area contributed by atoms with E-state index >= 15 is 0 Å². The number of rotatable bonds is 8. The fourth-order valence-electron chi connectivity index (χ4n) is 2.25. The van der Waals surface area contributed by atoms with Gasteiger partial charge in [0.2, 0.25) is 10.0 Å². The highest BCUT2D eigenvalue weighted by atomic mass is 32.2. The van der Waals surface area contributed by atoms with Crippen LogP contribution >= 0.6 is 0 Å². The Balaban J connectivity index is 2.07. The molecule has 24 heavy (non-hydrogen) atoms. The van der Waals surface area contributed by atoms with Gasteiger partial charge in [0.15, 0.2) is 11.6 Å². The van der Waals surface area contributed by atoms with Gasteiger partial charge in [0.25, 0.3) is 0 Å². The molecule has 0 radical (unpaired) electrons. The highest BCUT2D eigenvalue weighted by Crippen LogP contribution is 2.16. The van der Waals surface area contributed by atoms with Crippen molar-refractivity contribution in [2.45, 2.75) is 25.7 Å². The summed E-state index contributed by atoms with van der Waals surface area (Å²) in [6, 6.07) is 7.65. The quantitative estimate of drug-likeness (QED) is 0.734. The van der Waals surface area contributed by atoms with Gasteiger partial charge in [-0.2, -0.15) is 4.31 Å². The van der Waals surface area contributed by atoms with Gasteiger partial charge in [0.1, 0.15) is 5.76 Å². The minimum atomic E-state index is -3.51. The average molecular weight is 351 g/mol. The van der Waals surface area contributed by atoms with Crippen LogP contribution in [0.3, 0.4) is 0 Å². The third-order valence-corrected chi connectivity index (χ3v) is 5.64. The van der Waals surface area contributed by atoms with E-state index in [4.69, 9.17) is 4.52 Å². The molecule has 0 amide bonds. The number of hydrogen-bond acceptors (Lipinski definition) is 6. The first kappa shape index (κ1) is 18.2. The highest BCUT2D eigenvalue weighted by Gasteiger charge is 2.21. The van der Waals surface area contributed by atoms with E-state index in [1.165, 1.54) is 28.6 Å². The minimum absolute atomic E-state index is 0.0497. The maximum Gasteiger partial charge on any atom is 0.243 e. The maximum atomic E-state index is 12.4. The van der Waals surface area contributed by atoms with Crippen LogP contribution in [0.4, 0.5) is 5.82 Å². The number of sulfonamides is 1. The second-order valence-electron chi connectivity index (χ2n) is 5.21. The summed E-state index contributed by atoms with van der Waals surface area (Å²) in [5.41, 5.74) is 0.432. The molecular formula is C16H21N3O4S. The zero-order chi connectivity index (χ0) is 17.7. The highest BCUT2D eigenvalue weighted by molar-refractivity contribution is 7.89. The Bertz CT molecular complexity index is 793. The Labute approximate surface area is 141 Å². The van der Waals surface area contributed by atoms with Crippen LogP contribution in [0.25, 0.3) is 0 Å². The predicted molar refractivity (Wildman–Crippen MR) is 90.6 cm³/mol. The molecule has 1 N–H and O–H groups in total. The van der Waals surface area contributed by atoms with Crippen LogP contribution in [0.2, 0.25) is 0 Å². The normalized spacial score (nSPS) is 11.7. The predicted octanol–water partition coefficient (Wildman–Crippen LogP) is 2.31. The summed E-state index contributed by atoms with van der Waals surface area (Å²) in [6.07, 6.45) is 0. The smallest absolute Gasteiger partial charge is 0.243 e. The molecule has 0 saturated carbocycles. The van der Waals surface area contributed by atoms with Crippen LogP contribution in [0.5, 0.6) is 0 Å². The number of hydrogen-bond donors (Lipinski definition) is 1. The van der Waals surface area contributed by atoms with Crippen LogP contribution in [0, 0.1) is 6.92 Å². The lowest BCUT2D eigenvalue weighted by molar-refractivity contribution is 0.101. The molecule has 0 aliphatic carbocycles. The number of nitrogens with zero attached hydrogens (tertiary/aromatic N) is 2. The summed E-state index contributed by atoms with van der Waals surface area (Å²) in [7, 11) is -3.51. The summed E-state index contributed by atoms with van der Waals surface area (Å²) in [4.78, 5) is 12.3. The second kappa shape index (κ2) is 7.59. The molecule has 0 bridgehead atoms. The lowest BCUT2D eigenvalue weighted by Gasteiger charge is -2.18. The molecule has 2 aromatic rings. The molecule has 8 heteroatoms. The molecule has 0 spiro atoms. The second-order valence-corrected chi connectivity index (χ2v) is 7.15. The van der Waals surface area contributed by atoms with Crippen LogP contribution in [-0.2, 0) is 10.0 Å². The van der Waals surface area contributed by atoms with Gasteiger partial charge in [-0.05, 0) is 31.2 Å².